The first kappa shape index (κ1) is 13.9. The first-order valence-electron chi connectivity index (χ1n) is 7.06. The average Bonchev–Trinajstić information content (AvgIpc) is 3.00. The third-order valence-electron chi connectivity index (χ3n) is 4.54. The molecule has 110 valence electrons. The van der Waals surface area contributed by atoms with Crippen molar-refractivity contribution in [2.45, 2.75) is 25.6 Å². The molecular weight excluding hydrogens is 265 g/mol. The second-order valence-electron chi connectivity index (χ2n) is 6.08. The molecule has 5 heteroatoms. The molecule has 0 radical (unpaired) electrons. The van der Waals surface area contributed by atoms with Crippen molar-refractivity contribution in [1.29, 1.82) is 0 Å². The fraction of sp³-hybridized carbons (Fsp3) is 0.600. The fourth-order valence-electron chi connectivity index (χ4n) is 3.36. The van der Waals surface area contributed by atoms with Crippen LogP contribution in [-0.2, 0) is 12.7 Å². The lowest BCUT2D eigenvalue weighted by molar-refractivity contribution is -0.137. The monoisotopic (exact) mass is 284 g/mol. The van der Waals surface area contributed by atoms with E-state index < -0.39 is 11.7 Å². The molecule has 0 bridgehead atoms. The molecular formula is C15H19F3N2. The van der Waals surface area contributed by atoms with Crippen molar-refractivity contribution in [3.63, 3.8) is 0 Å². The quantitative estimate of drug-likeness (QED) is 0.898. The molecule has 0 aliphatic carbocycles. The minimum absolute atomic E-state index is 0.409. The number of benzene rings is 1. The van der Waals surface area contributed by atoms with Gasteiger partial charge in [0.2, 0.25) is 0 Å². The molecule has 3 rings (SSSR count). The van der Waals surface area contributed by atoms with Crippen molar-refractivity contribution in [3.8, 4) is 0 Å². The number of nitrogens with one attached hydrogen (secondary N) is 1. The minimum atomic E-state index is -4.24. The molecule has 0 amide bonds. The summed E-state index contributed by atoms with van der Waals surface area (Å²) in [6, 6.07) is 5.55. The van der Waals surface area contributed by atoms with E-state index in [1.807, 2.05) is 0 Å². The number of halogens is 3. The lowest BCUT2D eigenvalue weighted by Gasteiger charge is -2.23. The van der Waals surface area contributed by atoms with Crippen LogP contribution in [0.15, 0.2) is 24.3 Å². The Balaban J connectivity index is 1.61. The number of rotatable bonds is 2. The topological polar surface area (TPSA) is 15.3 Å². The third kappa shape index (κ3) is 2.83. The third-order valence-corrected chi connectivity index (χ3v) is 4.54. The van der Waals surface area contributed by atoms with E-state index in [1.165, 1.54) is 25.0 Å². The molecule has 20 heavy (non-hydrogen) atoms. The summed E-state index contributed by atoms with van der Waals surface area (Å²) in [7, 11) is 0. The van der Waals surface area contributed by atoms with Crippen LogP contribution in [0.5, 0.6) is 0 Å². The van der Waals surface area contributed by atoms with Gasteiger partial charge in [-0.2, -0.15) is 13.2 Å². The van der Waals surface area contributed by atoms with Gasteiger partial charge in [0.1, 0.15) is 0 Å². The maximum Gasteiger partial charge on any atom is 0.416 e. The molecule has 1 aromatic carbocycles. The summed E-state index contributed by atoms with van der Waals surface area (Å²) in [5.74, 6) is 0. The first-order valence-corrected chi connectivity index (χ1v) is 7.06. The molecule has 2 fully saturated rings. The van der Waals surface area contributed by atoms with Crippen LogP contribution in [0.4, 0.5) is 13.2 Å². The molecule has 2 aliphatic heterocycles. The van der Waals surface area contributed by atoms with E-state index in [0.29, 0.717) is 5.41 Å². The molecule has 1 aromatic rings. The van der Waals surface area contributed by atoms with E-state index in [4.69, 9.17) is 0 Å². The van der Waals surface area contributed by atoms with E-state index in [2.05, 4.69) is 10.2 Å². The predicted octanol–water partition coefficient (Wildman–Crippen LogP) is 2.89. The zero-order chi connectivity index (χ0) is 14.2. The van der Waals surface area contributed by atoms with Crippen molar-refractivity contribution < 1.29 is 13.2 Å². The van der Waals surface area contributed by atoms with Crippen LogP contribution >= 0.6 is 0 Å². The largest absolute Gasteiger partial charge is 0.416 e. The van der Waals surface area contributed by atoms with Crippen molar-refractivity contribution in [2.24, 2.45) is 5.41 Å². The number of hydrogen-bond donors (Lipinski definition) is 1. The van der Waals surface area contributed by atoms with Crippen LogP contribution in [0.25, 0.3) is 0 Å². The molecule has 2 aliphatic rings. The van der Waals surface area contributed by atoms with Gasteiger partial charge in [-0.3, -0.25) is 4.90 Å². The maximum atomic E-state index is 12.5. The van der Waals surface area contributed by atoms with Gasteiger partial charge in [0, 0.05) is 19.6 Å². The molecule has 1 atom stereocenters. The minimum Gasteiger partial charge on any atom is -0.316 e. The van der Waals surface area contributed by atoms with Gasteiger partial charge in [0.15, 0.2) is 0 Å². The highest BCUT2D eigenvalue weighted by atomic mass is 19.4. The summed E-state index contributed by atoms with van der Waals surface area (Å²) in [4.78, 5) is 2.36. The van der Waals surface area contributed by atoms with Crippen LogP contribution in [-0.4, -0.2) is 31.1 Å². The normalized spacial score (nSPS) is 27.6. The Morgan fingerprint density at radius 3 is 2.50 bits per heavy atom. The zero-order valence-electron chi connectivity index (χ0n) is 11.3. The summed E-state index contributed by atoms with van der Waals surface area (Å²) in [6.45, 7) is 5.02. The first-order chi connectivity index (χ1) is 9.47. The maximum absolute atomic E-state index is 12.5. The van der Waals surface area contributed by atoms with Gasteiger partial charge >= 0.3 is 6.18 Å². The Hall–Kier alpha value is -1.07. The Morgan fingerprint density at radius 1 is 1.15 bits per heavy atom. The number of hydrogen-bond acceptors (Lipinski definition) is 2. The van der Waals surface area contributed by atoms with Gasteiger partial charge in [-0.1, -0.05) is 12.1 Å². The molecule has 2 heterocycles. The van der Waals surface area contributed by atoms with Crippen molar-refractivity contribution in [2.75, 3.05) is 26.2 Å². The van der Waals surface area contributed by atoms with Crippen molar-refractivity contribution in [3.05, 3.63) is 35.4 Å². The van der Waals surface area contributed by atoms with Crippen LogP contribution in [0, 0.1) is 5.41 Å². The van der Waals surface area contributed by atoms with E-state index >= 15 is 0 Å². The number of nitrogens with zero attached hydrogens (tertiary/aromatic N) is 1. The highest BCUT2D eigenvalue weighted by Gasteiger charge is 2.40. The van der Waals surface area contributed by atoms with Crippen LogP contribution in [0.2, 0.25) is 0 Å². The Labute approximate surface area is 117 Å². The molecule has 0 saturated carbocycles. The second kappa shape index (κ2) is 5.04. The van der Waals surface area contributed by atoms with E-state index in [-0.39, 0.29) is 0 Å². The molecule has 2 nitrogen and oxygen atoms in total. The molecule has 1 spiro atoms. The predicted molar refractivity (Wildman–Crippen MR) is 71.3 cm³/mol. The Kier molecular flexibility index (Phi) is 3.50. The van der Waals surface area contributed by atoms with Crippen LogP contribution in [0.1, 0.15) is 24.0 Å². The van der Waals surface area contributed by atoms with Gasteiger partial charge in [-0.05, 0) is 49.0 Å². The van der Waals surface area contributed by atoms with Gasteiger partial charge in [-0.25, -0.2) is 0 Å². The smallest absolute Gasteiger partial charge is 0.316 e. The molecule has 2 saturated heterocycles. The highest BCUT2D eigenvalue weighted by Crippen LogP contribution is 2.36. The summed E-state index contributed by atoms with van der Waals surface area (Å²) in [5.41, 5.74) is 0.798. The number of likely N-dealkylation sites (tertiary alicyclic amines) is 1. The van der Waals surface area contributed by atoms with Crippen LogP contribution in [0.3, 0.4) is 0 Å². The van der Waals surface area contributed by atoms with Gasteiger partial charge in [-0.15, -0.1) is 0 Å². The Morgan fingerprint density at radius 2 is 1.90 bits per heavy atom. The van der Waals surface area contributed by atoms with E-state index in [9.17, 15) is 13.2 Å². The van der Waals surface area contributed by atoms with Gasteiger partial charge in [0.25, 0.3) is 0 Å². The van der Waals surface area contributed by atoms with E-state index in [0.717, 1.165) is 38.3 Å². The Bertz CT molecular complexity index is 461. The van der Waals surface area contributed by atoms with Crippen LogP contribution < -0.4 is 5.32 Å². The fourth-order valence-corrected chi connectivity index (χ4v) is 3.36. The SMILES string of the molecule is FC(F)(F)c1ccc(CN2CCC3(CCNC3)C2)cc1. The lowest BCUT2D eigenvalue weighted by atomic mass is 9.86. The number of alkyl halides is 3. The lowest BCUT2D eigenvalue weighted by Crippen LogP contribution is -2.28. The zero-order valence-corrected chi connectivity index (χ0v) is 11.3. The second-order valence-corrected chi connectivity index (χ2v) is 6.08. The summed E-state index contributed by atoms with van der Waals surface area (Å²) >= 11 is 0. The molecule has 1 unspecified atom stereocenters. The van der Waals surface area contributed by atoms with Crippen molar-refractivity contribution >= 4 is 0 Å². The standard InChI is InChI=1S/C15H19F3N2/c16-15(17,18)13-3-1-12(2-4-13)9-20-8-6-14(11-20)5-7-19-10-14/h1-4,19H,5-11H2. The van der Waals surface area contributed by atoms with Gasteiger partial charge < -0.3 is 5.32 Å². The average molecular weight is 284 g/mol. The highest BCUT2D eigenvalue weighted by molar-refractivity contribution is 5.24. The summed E-state index contributed by atoms with van der Waals surface area (Å²) in [5, 5.41) is 3.41. The summed E-state index contributed by atoms with van der Waals surface area (Å²) < 4.78 is 37.5. The van der Waals surface area contributed by atoms with E-state index in [1.54, 1.807) is 12.1 Å². The summed E-state index contributed by atoms with van der Waals surface area (Å²) in [6.07, 6.45) is -1.83. The molecule has 1 N–H and O–H groups in total. The molecule has 0 aromatic heterocycles. The van der Waals surface area contributed by atoms with Gasteiger partial charge in [0.05, 0.1) is 5.56 Å². The van der Waals surface area contributed by atoms with Crippen molar-refractivity contribution in [1.82, 2.24) is 10.2 Å².